The fraction of sp³-hybridized carbons (Fsp3) is 0.226. The number of hydrogen-bond donors (Lipinski definition) is 2. The van der Waals surface area contributed by atoms with Crippen LogP contribution in [0.2, 0.25) is 0 Å². The number of halogens is 1. The highest BCUT2D eigenvalue weighted by Gasteiger charge is 2.48. The molecule has 0 fully saturated rings. The second-order valence-corrected chi connectivity index (χ2v) is 13.8. The van der Waals surface area contributed by atoms with Crippen molar-refractivity contribution in [1.29, 1.82) is 0 Å². The number of rotatable bonds is 5. The lowest BCUT2D eigenvalue weighted by Gasteiger charge is -2.37. The first kappa shape index (κ1) is 27.9. The number of aromatic nitrogens is 1. The van der Waals surface area contributed by atoms with Gasteiger partial charge in [-0.3, -0.25) is 9.69 Å². The molecule has 1 unspecified atom stereocenters. The van der Waals surface area contributed by atoms with Gasteiger partial charge in [-0.2, -0.15) is 0 Å². The molecule has 1 amide bonds. The fourth-order valence-electron chi connectivity index (χ4n) is 5.61. The minimum absolute atomic E-state index is 0.0283. The number of para-hydroxylation sites is 1. The molecule has 2 aliphatic heterocycles. The topological polar surface area (TPSA) is 109 Å². The molecule has 11 heteroatoms. The number of carbonyl (C=O) groups is 1. The summed E-state index contributed by atoms with van der Waals surface area (Å²) in [4.78, 5) is 19.4. The Kier molecular flexibility index (Phi) is 7.02. The van der Waals surface area contributed by atoms with Gasteiger partial charge in [-0.15, -0.1) is 11.3 Å². The van der Waals surface area contributed by atoms with Crippen LogP contribution in [0.15, 0.2) is 88.2 Å². The number of benzene rings is 3. The van der Waals surface area contributed by atoms with Gasteiger partial charge in [-0.1, -0.05) is 50.2 Å². The van der Waals surface area contributed by atoms with Gasteiger partial charge in [0.05, 0.1) is 21.9 Å². The molecule has 42 heavy (non-hydrogen) atoms. The molecule has 0 saturated carbocycles. The number of thiazole rings is 1. The molecule has 8 nitrogen and oxygen atoms in total. The summed E-state index contributed by atoms with van der Waals surface area (Å²) in [6.07, 6.45) is 0.296. The van der Waals surface area contributed by atoms with Crippen LogP contribution in [-0.2, 0) is 16.4 Å². The van der Waals surface area contributed by atoms with Gasteiger partial charge >= 0.3 is 0 Å². The molecule has 6 rings (SSSR count). The molecule has 0 saturated heterocycles. The highest BCUT2D eigenvalue weighted by Crippen LogP contribution is 2.52. The van der Waals surface area contributed by atoms with Crippen LogP contribution in [0.1, 0.15) is 47.9 Å². The molecule has 0 bridgehead atoms. The maximum absolute atomic E-state index is 16.2. The summed E-state index contributed by atoms with van der Waals surface area (Å²) in [5, 5.41) is 15.6. The number of phenolic OH excluding ortho intramolecular Hbond substituents is 1. The van der Waals surface area contributed by atoms with E-state index in [-0.39, 0.29) is 51.4 Å². The monoisotopic (exact) mass is 605 g/mol. The van der Waals surface area contributed by atoms with Crippen LogP contribution in [0.3, 0.4) is 0 Å². The quantitative estimate of drug-likeness (QED) is 0.252. The zero-order valence-electron chi connectivity index (χ0n) is 22.9. The van der Waals surface area contributed by atoms with E-state index in [1.807, 2.05) is 44.2 Å². The summed E-state index contributed by atoms with van der Waals surface area (Å²) < 4.78 is 50.1. The van der Waals surface area contributed by atoms with E-state index in [0.717, 1.165) is 5.56 Å². The fourth-order valence-corrected chi connectivity index (χ4v) is 8.49. The first-order chi connectivity index (χ1) is 20.0. The SMILES string of the molecule is CC1(C)CC2=C(C(c3ccc(OCc4ccccc4)cc3F)N(C(=O)c3cscn3)c3cccc(O)c3N2)S(=O)(=O)C1. The Morgan fingerprint density at radius 1 is 1.17 bits per heavy atom. The third-order valence-electron chi connectivity index (χ3n) is 7.32. The predicted octanol–water partition coefficient (Wildman–Crippen LogP) is 6.44. The molecule has 1 aromatic heterocycles. The van der Waals surface area contributed by atoms with Crippen molar-refractivity contribution < 1.29 is 27.4 Å². The van der Waals surface area contributed by atoms with Gasteiger partial charge in [0.15, 0.2) is 9.84 Å². The molecular weight excluding hydrogens is 577 g/mol. The van der Waals surface area contributed by atoms with E-state index < -0.39 is 33.0 Å². The van der Waals surface area contributed by atoms with E-state index in [4.69, 9.17) is 4.74 Å². The third-order valence-corrected chi connectivity index (χ3v) is 10.2. The summed E-state index contributed by atoms with van der Waals surface area (Å²) in [7, 11) is -4.03. The van der Waals surface area contributed by atoms with Crippen molar-refractivity contribution in [2.24, 2.45) is 5.41 Å². The van der Waals surface area contributed by atoms with Crippen molar-refractivity contribution in [3.8, 4) is 11.5 Å². The molecule has 3 heterocycles. The van der Waals surface area contributed by atoms with Crippen molar-refractivity contribution >= 4 is 38.5 Å². The van der Waals surface area contributed by atoms with Crippen molar-refractivity contribution in [1.82, 2.24) is 4.98 Å². The smallest absolute Gasteiger partial charge is 0.278 e. The first-order valence-corrected chi connectivity index (χ1v) is 15.9. The maximum Gasteiger partial charge on any atom is 0.278 e. The average Bonchev–Trinajstić information content (AvgIpc) is 3.43. The molecule has 4 aromatic rings. The van der Waals surface area contributed by atoms with E-state index >= 15 is 4.39 Å². The second kappa shape index (κ2) is 10.6. The highest BCUT2D eigenvalue weighted by atomic mass is 32.2. The number of anilines is 2. The number of sulfone groups is 1. The number of carbonyl (C=O) groups excluding carboxylic acids is 1. The lowest BCUT2D eigenvalue weighted by Crippen LogP contribution is -2.41. The molecule has 0 radical (unpaired) electrons. The van der Waals surface area contributed by atoms with Crippen molar-refractivity contribution in [3.63, 3.8) is 0 Å². The van der Waals surface area contributed by atoms with Gasteiger partial charge in [-0.05, 0) is 41.7 Å². The number of aromatic hydroxyl groups is 1. The van der Waals surface area contributed by atoms with Crippen LogP contribution in [0, 0.1) is 11.2 Å². The van der Waals surface area contributed by atoms with Gasteiger partial charge in [0.1, 0.15) is 41.3 Å². The van der Waals surface area contributed by atoms with Gasteiger partial charge in [0.2, 0.25) is 0 Å². The zero-order chi connectivity index (χ0) is 29.6. The first-order valence-electron chi connectivity index (χ1n) is 13.3. The van der Waals surface area contributed by atoms with Crippen LogP contribution >= 0.6 is 11.3 Å². The van der Waals surface area contributed by atoms with E-state index in [1.165, 1.54) is 39.9 Å². The summed E-state index contributed by atoms with van der Waals surface area (Å²) in [6.45, 7) is 3.88. The average molecular weight is 606 g/mol. The Labute approximate surface area is 247 Å². The number of hydrogen-bond acceptors (Lipinski definition) is 8. The number of phenols is 1. The molecule has 0 spiro atoms. The Morgan fingerprint density at radius 2 is 1.95 bits per heavy atom. The van der Waals surface area contributed by atoms with Gasteiger partial charge in [0, 0.05) is 22.7 Å². The lowest BCUT2D eigenvalue weighted by molar-refractivity contribution is 0.0976. The van der Waals surface area contributed by atoms with Gasteiger partial charge in [0.25, 0.3) is 5.91 Å². The van der Waals surface area contributed by atoms with Crippen molar-refractivity contribution in [2.75, 3.05) is 16.0 Å². The van der Waals surface area contributed by atoms with Crippen molar-refractivity contribution in [2.45, 2.75) is 32.9 Å². The number of ether oxygens (including phenoxy) is 1. The molecule has 0 aliphatic carbocycles. The Bertz CT molecular complexity index is 1810. The van der Waals surface area contributed by atoms with Crippen LogP contribution in [0.25, 0.3) is 0 Å². The van der Waals surface area contributed by atoms with E-state index in [9.17, 15) is 18.3 Å². The molecule has 3 aromatic carbocycles. The molecule has 1 atom stereocenters. The van der Waals surface area contributed by atoms with E-state index in [1.54, 1.807) is 23.6 Å². The Morgan fingerprint density at radius 3 is 2.67 bits per heavy atom. The summed E-state index contributed by atoms with van der Waals surface area (Å²) >= 11 is 1.21. The molecule has 2 aliphatic rings. The van der Waals surface area contributed by atoms with Crippen LogP contribution < -0.4 is 15.0 Å². The van der Waals surface area contributed by atoms with E-state index in [2.05, 4.69) is 10.3 Å². The zero-order valence-corrected chi connectivity index (χ0v) is 24.5. The summed E-state index contributed by atoms with van der Waals surface area (Å²) in [6, 6.07) is 16.8. The number of allylic oxidation sites excluding steroid dienone is 1. The number of nitrogens with one attached hydrogen (secondary N) is 1. The van der Waals surface area contributed by atoms with Crippen LogP contribution in [0.4, 0.5) is 15.8 Å². The van der Waals surface area contributed by atoms with Gasteiger partial charge in [-0.25, -0.2) is 17.8 Å². The number of nitrogens with zero attached hydrogens (tertiary/aromatic N) is 2. The highest BCUT2D eigenvalue weighted by molar-refractivity contribution is 7.95. The summed E-state index contributed by atoms with van der Waals surface area (Å²) in [5.74, 6) is -1.49. The minimum Gasteiger partial charge on any atom is -0.506 e. The predicted molar refractivity (Wildman–Crippen MR) is 160 cm³/mol. The van der Waals surface area contributed by atoms with Crippen molar-refractivity contribution in [3.05, 3.63) is 111 Å². The summed E-state index contributed by atoms with van der Waals surface area (Å²) in [5.41, 5.74) is 2.44. The third kappa shape index (κ3) is 5.14. The van der Waals surface area contributed by atoms with E-state index in [0.29, 0.717) is 12.1 Å². The normalized spacial score (nSPS) is 18.8. The number of amides is 1. The molecule has 216 valence electrons. The Balaban J connectivity index is 1.55. The Hall–Kier alpha value is -4.22. The standard InChI is InChI=1S/C31H28FN3O5S2/c1-31(2)14-23-29(42(38,39)17-31)28(21-12-11-20(13-22(21)32)40-15-19-7-4-3-5-8-19)35(30(37)24-16-41-18-33-24)25-9-6-10-26(36)27(25)34-23/h3-13,16,18,28,34,36H,14-15,17H2,1-2H3. The number of fused-ring (bicyclic) bond motifs is 1. The minimum atomic E-state index is -4.03. The van der Waals surface area contributed by atoms with Crippen LogP contribution in [0.5, 0.6) is 11.5 Å². The molecular formula is C31H28FN3O5S2. The largest absolute Gasteiger partial charge is 0.506 e. The van der Waals surface area contributed by atoms with Crippen LogP contribution in [-0.4, -0.2) is 30.2 Å². The second-order valence-electron chi connectivity index (χ2n) is 11.1. The molecule has 2 N–H and O–H groups in total. The maximum atomic E-state index is 16.2. The lowest BCUT2D eigenvalue weighted by atomic mass is 9.88. The van der Waals surface area contributed by atoms with Gasteiger partial charge < -0.3 is 15.2 Å².